The van der Waals surface area contributed by atoms with Crippen LogP contribution in [-0.4, -0.2) is 28.6 Å². The molecule has 0 spiro atoms. The summed E-state index contributed by atoms with van der Waals surface area (Å²) in [5.41, 5.74) is 3.31. The molecule has 5 nitrogen and oxygen atoms in total. The van der Waals surface area contributed by atoms with E-state index >= 15 is 0 Å². The van der Waals surface area contributed by atoms with Gasteiger partial charge >= 0.3 is 5.97 Å². The first-order valence-electron chi connectivity index (χ1n) is 7.43. The largest absolute Gasteiger partial charge is 0.461 e. The van der Waals surface area contributed by atoms with E-state index in [1.807, 2.05) is 12.1 Å². The van der Waals surface area contributed by atoms with Gasteiger partial charge in [-0.2, -0.15) is 0 Å². The zero-order valence-electron chi connectivity index (χ0n) is 12.9. The van der Waals surface area contributed by atoms with E-state index in [0.717, 1.165) is 27.5 Å². The molecule has 0 amide bonds. The normalized spacial score (nSPS) is 11.3. The summed E-state index contributed by atoms with van der Waals surface area (Å²) >= 11 is 0. The zero-order valence-corrected chi connectivity index (χ0v) is 12.9. The number of fused-ring (bicyclic) bond motifs is 3. The molecule has 0 bridgehead atoms. The maximum Gasteiger partial charge on any atom is 0.356 e. The predicted molar refractivity (Wildman–Crippen MR) is 88.3 cm³/mol. The maximum atomic E-state index is 11.9. The van der Waals surface area contributed by atoms with E-state index in [2.05, 4.69) is 35.2 Å². The van der Waals surface area contributed by atoms with Crippen molar-refractivity contribution in [3.05, 3.63) is 36.2 Å². The van der Waals surface area contributed by atoms with Crippen LogP contribution < -0.4 is 5.32 Å². The van der Waals surface area contributed by atoms with E-state index in [0.29, 0.717) is 18.3 Å². The first-order chi connectivity index (χ1) is 10.6. The summed E-state index contributed by atoms with van der Waals surface area (Å²) in [5.74, 6) is -0.393. The lowest BCUT2D eigenvalue weighted by Crippen LogP contribution is -2.09. The lowest BCUT2D eigenvalue weighted by atomic mass is 10.1. The number of carbonyl (C=O) groups is 1. The molecular weight excluding hydrogens is 278 g/mol. The highest BCUT2D eigenvalue weighted by molar-refractivity contribution is 6.09. The minimum absolute atomic E-state index is 0.331. The summed E-state index contributed by atoms with van der Waals surface area (Å²) < 4.78 is 5.02. The first-order valence-corrected chi connectivity index (χ1v) is 7.43. The number of hydrogen-bond acceptors (Lipinski definition) is 4. The summed E-state index contributed by atoms with van der Waals surface area (Å²) in [6.07, 6.45) is 1.68. The van der Waals surface area contributed by atoms with Gasteiger partial charge in [0.15, 0.2) is 0 Å². The molecule has 3 rings (SSSR count). The van der Waals surface area contributed by atoms with Gasteiger partial charge in [0.25, 0.3) is 0 Å². The molecule has 0 aliphatic carbocycles. The molecule has 0 aliphatic rings. The third-order valence-electron chi connectivity index (χ3n) is 3.42. The molecule has 5 heteroatoms. The molecule has 2 aromatic heterocycles. The topological polar surface area (TPSA) is 67.0 Å². The van der Waals surface area contributed by atoms with Crippen molar-refractivity contribution < 1.29 is 9.53 Å². The fourth-order valence-electron chi connectivity index (χ4n) is 2.54. The van der Waals surface area contributed by atoms with Crippen LogP contribution >= 0.6 is 0 Å². The van der Waals surface area contributed by atoms with Gasteiger partial charge in [-0.3, -0.25) is 0 Å². The summed E-state index contributed by atoms with van der Waals surface area (Å²) in [7, 11) is 0. The van der Waals surface area contributed by atoms with Crippen LogP contribution in [0.4, 0.5) is 5.69 Å². The van der Waals surface area contributed by atoms with Gasteiger partial charge in [0.2, 0.25) is 0 Å². The number of aromatic amines is 1. The van der Waals surface area contributed by atoms with Gasteiger partial charge in [-0.05, 0) is 45.0 Å². The monoisotopic (exact) mass is 297 g/mol. The molecule has 0 unspecified atom stereocenters. The lowest BCUT2D eigenvalue weighted by molar-refractivity contribution is 0.0520. The molecule has 0 radical (unpaired) electrons. The lowest BCUT2D eigenvalue weighted by Gasteiger charge is -2.09. The van der Waals surface area contributed by atoms with Crippen molar-refractivity contribution >= 4 is 33.5 Å². The Morgan fingerprint density at radius 2 is 2.05 bits per heavy atom. The number of ether oxygens (including phenoxy) is 1. The third kappa shape index (κ3) is 2.62. The summed E-state index contributed by atoms with van der Waals surface area (Å²) in [6, 6.07) is 8.30. The minimum Gasteiger partial charge on any atom is -0.461 e. The number of H-pyrrole nitrogens is 1. The van der Waals surface area contributed by atoms with E-state index < -0.39 is 5.97 Å². The Hall–Kier alpha value is -2.56. The van der Waals surface area contributed by atoms with E-state index in [-0.39, 0.29) is 0 Å². The van der Waals surface area contributed by atoms with Gasteiger partial charge in [-0.1, -0.05) is 0 Å². The fraction of sp³-hybridized carbons (Fsp3) is 0.294. The van der Waals surface area contributed by atoms with Crippen molar-refractivity contribution in [2.24, 2.45) is 0 Å². The van der Waals surface area contributed by atoms with Crippen molar-refractivity contribution in [2.45, 2.75) is 26.8 Å². The van der Waals surface area contributed by atoms with Crippen molar-refractivity contribution in [2.75, 3.05) is 11.9 Å². The molecule has 114 valence electrons. The predicted octanol–water partition coefficient (Wildman–Crippen LogP) is 3.71. The second-order valence-corrected chi connectivity index (χ2v) is 5.52. The van der Waals surface area contributed by atoms with Crippen molar-refractivity contribution in [1.29, 1.82) is 0 Å². The summed E-state index contributed by atoms with van der Waals surface area (Å²) in [4.78, 5) is 19.3. The molecule has 2 N–H and O–H groups in total. The highest BCUT2D eigenvalue weighted by atomic mass is 16.5. The smallest absolute Gasteiger partial charge is 0.356 e. The second kappa shape index (κ2) is 5.67. The second-order valence-electron chi connectivity index (χ2n) is 5.52. The van der Waals surface area contributed by atoms with Crippen LogP contribution in [0.2, 0.25) is 0 Å². The number of anilines is 1. The van der Waals surface area contributed by atoms with E-state index in [4.69, 9.17) is 4.74 Å². The van der Waals surface area contributed by atoms with Crippen LogP contribution in [0.1, 0.15) is 31.3 Å². The molecule has 2 heterocycles. The van der Waals surface area contributed by atoms with Crippen molar-refractivity contribution in [3.8, 4) is 0 Å². The average molecular weight is 297 g/mol. The third-order valence-corrected chi connectivity index (χ3v) is 3.42. The van der Waals surface area contributed by atoms with Crippen molar-refractivity contribution in [1.82, 2.24) is 9.97 Å². The van der Waals surface area contributed by atoms with Crippen LogP contribution in [0.5, 0.6) is 0 Å². The Balaban J connectivity index is 2.12. The number of pyridine rings is 1. The summed E-state index contributed by atoms with van der Waals surface area (Å²) in [5, 5.41) is 5.42. The Labute approximate surface area is 128 Å². The van der Waals surface area contributed by atoms with Gasteiger partial charge < -0.3 is 15.0 Å². The number of aromatic nitrogens is 2. The van der Waals surface area contributed by atoms with Crippen LogP contribution in [0, 0.1) is 0 Å². The molecule has 0 fully saturated rings. The van der Waals surface area contributed by atoms with Crippen molar-refractivity contribution in [3.63, 3.8) is 0 Å². The number of esters is 1. The summed E-state index contributed by atoms with van der Waals surface area (Å²) in [6.45, 7) is 6.32. The Kier molecular flexibility index (Phi) is 3.71. The number of nitrogens with zero attached hydrogens (tertiary/aromatic N) is 1. The molecule has 0 saturated heterocycles. The van der Waals surface area contributed by atoms with Gasteiger partial charge in [-0.15, -0.1) is 0 Å². The molecule has 1 aromatic carbocycles. The number of carbonyl (C=O) groups excluding carboxylic acids is 1. The van der Waals surface area contributed by atoms with Gasteiger partial charge in [0, 0.05) is 28.0 Å². The quantitative estimate of drug-likeness (QED) is 0.720. The van der Waals surface area contributed by atoms with Gasteiger partial charge in [0.1, 0.15) is 5.69 Å². The molecule has 3 aromatic rings. The van der Waals surface area contributed by atoms with E-state index in [9.17, 15) is 4.79 Å². The standard InChI is InChI=1S/C17H19N3O2/c1-4-22-17(21)15-8-13-12-7-11(19-10(2)3)5-6-14(12)20-16(13)9-18-15/h5-10,19-20H,4H2,1-3H3. The van der Waals surface area contributed by atoms with E-state index in [1.54, 1.807) is 19.2 Å². The van der Waals surface area contributed by atoms with Gasteiger partial charge in [-0.25, -0.2) is 9.78 Å². The fourth-order valence-corrected chi connectivity index (χ4v) is 2.54. The van der Waals surface area contributed by atoms with E-state index in [1.165, 1.54) is 0 Å². The molecular formula is C17H19N3O2. The van der Waals surface area contributed by atoms with Crippen LogP contribution in [-0.2, 0) is 4.74 Å². The maximum absolute atomic E-state index is 11.9. The Morgan fingerprint density at radius 3 is 2.77 bits per heavy atom. The SMILES string of the molecule is CCOC(=O)c1cc2c(cn1)[nH]c1ccc(NC(C)C)cc12. The molecule has 0 saturated carbocycles. The Bertz CT molecular complexity index is 836. The van der Waals surface area contributed by atoms with Crippen LogP contribution in [0.15, 0.2) is 30.5 Å². The first kappa shape index (κ1) is 14.4. The minimum atomic E-state index is -0.393. The van der Waals surface area contributed by atoms with Crippen LogP contribution in [0.25, 0.3) is 21.8 Å². The molecule has 0 atom stereocenters. The molecule has 0 aliphatic heterocycles. The average Bonchev–Trinajstić information content (AvgIpc) is 2.84. The number of rotatable bonds is 4. The number of nitrogens with one attached hydrogen (secondary N) is 2. The highest BCUT2D eigenvalue weighted by Gasteiger charge is 2.12. The van der Waals surface area contributed by atoms with Crippen LogP contribution in [0.3, 0.4) is 0 Å². The molecule has 22 heavy (non-hydrogen) atoms. The van der Waals surface area contributed by atoms with Gasteiger partial charge in [0.05, 0.1) is 18.3 Å². The zero-order chi connectivity index (χ0) is 15.7. The number of benzene rings is 1. The Morgan fingerprint density at radius 1 is 1.27 bits per heavy atom. The highest BCUT2D eigenvalue weighted by Crippen LogP contribution is 2.28. The number of hydrogen-bond donors (Lipinski definition) is 2.